The Bertz CT molecular complexity index is 929. The van der Waals surface area contributed by atoms with Gasteiger partial charge in [0.25, 0.3) is 0 Å². The molecule has 3 aromatic carbocycles. The summed E-state index contributed by atoms with van der Waals surface area (Å²) in [6, 6.07) is 14.3. The monoisotopic (exact) mass is 282 g/mol. The molecule has 0 aliphatic heterocycles. The van der Waals surface area contributed by atoms with Crippen molar-refractivity contribution in [3.8, 4) is 22.3 Å². The zero-order valence-electron chi connectivity index (χ0n) is 13.0. The smallest absolute Gasteiger partial charge is 0.00206 e. The average molecular weight is 282 g/mol. The molecule has 0 bridgehead atoms. The van der Waals surface area contributed by atoms with Gasteiger partial charge < -0.3 is 0 Å². The highest BCUT2D eigenvalue weighted by Crippen LogP contribution is 2.59. The summed E-state index contributed by atoms with van der Waals surface area (Å²) >= 11 is 0. The number of benzene rings is 3. The fourth-order valence-electron chi connectivity index (χ4n) is 5.29. The van der Waals surface area contributed by atoms with Gasteiger partial charge in [-0.15, -0.1) is 0 Å². The Hall–Kier alpha value is -2.08. The molecule has 0 heteroatoms. The van der Waals surface area contributed by atoms with E-state index >= 15 is 0 Å². The topological polar surface area (TPSA) is 0 Å². The largest absolute Gasteiger partial charge is 0.0581 e. The van der Waals surface area contributed by atoms with Crippen molar-refractivity contribution in [3.05, 3.63) is 58.7 Å². The highest BCUT2D eigenvalue weighted by atomic mass is 14.4. The van der Waals surface area contributed by atoms with Crippen LogP contribution in [0, 0.1) is 0 Å². The van der Waals surface area contributed by atoms with Crippen molar-refractivity contribution in [3.63, 3.8) is 0 Å². The van der Waals surface area contributed by atoms with E-state index in [-0.39, 0.29) is 0 Å². The molecule has 22 heavy (non-hydrogen) atoms. The summed E-state index contributed by atoms with van der Waals surface area (Å²) < 4.78 is 0. The standard InChI is InChI=1S/C22H18/c1-11-9-14-5-3-13-4-6-15-10-12(2)17-8-7-16(11)21-19(14)18(13)20(15)22(17)21/h3-8,11-12H,9-10H2,1-2H3. The van der Waals surface area contributed by atoms with Crippen LogP contribution in [0.15, 0.2) is 36.4 Å². The zero-order valence-corrected chi connectivity index (χ0v) is 13.0. The Morgan fingerprint density at radius 3 is 1.64 bits per heavy atom. The van der Waals surface area contributed by atoms with Crippen LogP contribution in [0.2, 0.25) is 0 Å². The predicted molar refractivity (Wildman–Crippen MR) is 92.6 cm³/mol. The highest BCUT2D eigenvalue weighted by molar-refractivity contribution is 6.19. The first-order valence-electron chi connectivity index (χ1n) is 8.49. The van der Waals surface area contributed by atoms with Crippen LogP contribution in [-0.4, -0.2) is 0 Å². The Balaban J connectivity index is 1.95. The number of hydrogen-bond donors (Lipinski definition) is 0. The second-order valence-electron chi connectivity index (χ2n) is 7.50. The van der Waals surface area contributed by atoms with Crippen LogP contribution in [-0.2, 0) is 12.8 Å². The zero-order chi connectivity index (χ0) is 14.6. The molecule has 6 rings (SSSR count). The molecule has 0 saturated heterocycles. The minimum absolute atomic E-state index is 0.639. The lowest BCUT2D eigenvalue weighted by molar-refractivity contribution is 0.736. The Morgan fingerprint density at radius 1 is 0.636 bits per heavy atom. The molecule has 3 aliphatic rings. The van der Waals surface area contributed by atoms with E-state index in [1.54, 1.807) is 49.9 Å². The maximum atomic E-state index is 2.42. The van der Waals surface area contributed by atoms with E-state index in [0.29, 0.717) is 11.8 Å². The van der Waals surface area contributed by atoms with Crippen molar-refractivity contribution < 1.29 is 0 Å². The summed E-state index contributed by atoms with van der Waals surface area (Å²) in [4.78, 5) is 0. The van der Waals surface area contributed by atoms with Gasteiger partial charge in [-0.05, 0) is 80.0 Å². The molecule has 0 amide bonds. The van der Waals surface area contributed by atoms with Crippen molar-refractivity contribution in [1.29, 1.82) is 0 Å². The normalized spacial score (nSPS) is 22.6. The second kappa shape index (κ2) is 3.46. The molecular formula is C22H18. The third-order valence-corrected chi connectivity index (χ3v) is 6.24. The molecule has 2 unspecified atom stereocenters. The molecule has 0 spiro atoms. The highest BCUT2D eigenvalue weighted by Gasteiger charge is 2.37. The Kier molecular flexibility index (Phi) is 1.80. The molecular weight excluding hydrogens is 264 g/mol. The van der Waals surface area contributed by atoms with Gasteiger partial charge >= 0.3 is 0 Å². The molecule has 0 heterocycles. The van der Waals surface area contributed by atoms with Crippen molar-refractivity contribution >= 4 is 10.8 Å². The molecule has 0 N–H and O–H groups in total. The van der Waals surface area contributed by atoms with Gasteiger partial charge in [0.15, 0.2) is 0 Å². The first-order valence-corrected chi connectivity index (χ1v) is 8.49. The molecule has 0 fully saturated rings. The van der Waals surface area contributed by atoms with Crippen LogP contribution < -0.4 is 0 Å². The molecule has 0 aromatic heterocycles. The predicted octanol–water partition coefficient (Wildman–Crippen LogP) is 5.81. The summed E-state index contributed by atoms with van der Waals surface area (Å²) in [5.74, 6) is 1.28. The minimum Gasteiger partial charge on any atom is -0.0581 e. The van der Waals surface area contributed by atoms with Gasteiger partial charge in [0.2, 0.25) is 0 Å². The maximum Gasteiger partial charge on any atom is -0.00206 e. The average Bonchev–Trinajstić information content (AvgIpc) is 2.89. The number of rotatable bonds is 0. The third-order valence-electron chi connectivity index (χ3n) is 6.24. The Morgan fingerprint density at radius 2 is 1.14 bits per heavy atom. The summed E-state index contributed by atoms with van der Waals surface area (Å²) in [5, 5.41) is 2.98. The van der Waals surface area contributed by atoms with Crippen LogP contribution in [0.4, 0.5) is 0 Å². The summed E-state index contributed by atoms with van der Waals surface area (Å²) in [6.07, 6.45) is 2.38. The first kappa shape index (κ1) is 11.5. The van der Waals surface area contributed by atoms with Crippen molar-refractivity contribution in [2.45, 2.75) is 38.5 Å². The van der Waals surface area contributed by atoms with Crippen LogP contribution in [0.25, 0.3) is 33.0 Å². The van der Waals surface area contributed by atoms with Gasteiger partial charge in [-0.25, -0.2) is 0 Å². The molecule has 2 atom stereocenters. The van der Waals surface area contributed by atoms with Crippen LogP contribution in [0.3, 0.4) is 0 Å². The van der Waals surface area contributed by atoms with Crippen molar-refractivity contribution in [2.24, 2.45) is 0 Å². The van der Waals surface area contributed by atoms with E-state index in [4.69, 9.17) is 0 Å². The van der Waals surface area contributed by atoms with Crippen molar-refractivity contribution in [1.82, 2.24) is 0 Å². The van der Waals surface area contributed by atoms with Crippen LogP contribution >= 0.6 is 0 Å². The summed E-state index contributed by atoms with van der Waals surface area (Å²) in [6.45, 7) is 4.78. The van der Waals surface area contributed by atoms with E-state index in [2.05, 4.69) is 50.2 Å². The molecule has 0 radical (unpaired) electrons. The lowest BCUT2D eigenvalue weighted by Crippen LogP contribution is -2.11. The fraction of sp³-hybridized carbons (Fsp3) is 0.273. The number of hydrogen-bond acceptors (Lipinski definition) is 0. The fourth-order valence-corrected chi connectivity index (χ4v) is 5.29. The quantitative estimate of drug-likeness (QED) is 0.382. The van der Waals surface area contributed by atoms with Gasteiger partial charge in [-0.1, -0.05) is 50.2 Å². The lowest BCUT2D eigenvalue weighted by Gasteiger charge is -2.28. The van der Waals surface area contributed by atoms with Gasteiger partial charge in [-0.3, -0.25) is 0 Å². The molecule has 0 nitrogen and oxygen atoms in total. The van der Waals surface area contributed by atoms with E-state index in [1.165, 1.54) is 18.2 Å². The second-order valence-corrected chi connectivity index (χ2v) is 7.50. The molecule has 106 valence electrons. The van der Waals surface area contributed by atoms with Gasteiger partial charge in [-0.2, -0.15) is 0 Å². The van der Waals surface area contributed by atoms with Gasteiger partial charge in [0.1, 0.15) is 0 Å². The van der Waals surface area contributed by atoms with E-state index < -0.39 is 0 Å². The summed E-state index contributed by atoms with van der Waals surface area (Å²) in [5.41, 5.74) is 12.6. The minimum atomic E-state index is 0.639. The van der Waals surface area contributed by atoms with Crippen LogP contribution in [0.5, 0.6) is 0 Å². The van der Waals surface area contributed by atoms with E-state index in [1.807, 2.05) is 0 Å². The van der Waals surface area contributed by atoms with Gasteiger partial charge in [0.05, 0.1) is 0 Å². The summed E-state index contributed by atoms with van der Waals surface area (Å²) in [7, 11) is 0. The molecule has 0 saturated carbocycles. The maximum absolute atomic E-state index is 2.42. The third kappa shape index (κ3) is 1.08. The lowest BCUT2D eigenvalue weighted by atomic mass is 9.75. The van der Waals surface area contributed by atoms with Crippen LogP contribution in [0.1, 0.15) is 47.9 Å². The van der Waals surface area contributed by atoms with Gasteiger partial charge in [0, 0.05) is 0 Å². The molecule has 3 aromatic rings. The Labute approximate surface area is 130 Å². The van der Waals surface area contributed by atoms with E-state index in [9.17, 15) is 0 Å². The first-order chi connectivity index (χ1) is 10.7. The SMILES string of the molecule is CC1Cc2ccc3ccc4c5c3c2-c2c1ccc(c2-5)C(C)C4. The van der Waals surface area contributed by atoms with Crippen molar-refractivity contribution in [2.75, 3.05) is 0 Å². The molecule has 3 aliphatic carbocycles. The van der Waals surface area contributed by atoms with E-state index in [0.717, 1.165) is 0 Å².